The second kappa shape index (κ2) is 2.98. The Hall–Kier alpha value is -0.0400. The molecule has 4 unspecified atom stereocenters. The maximum absolute atomic E-state index is 5.53. The standard InChI is InChI=1S/C13H22O/c1-9-10(2)12-7-11(9)8-13(12)3-5-14-6-4-13/h9-12H,3-8H2,1-2H3. The highest BCUT2D eigenvalue weighted by Crippen LogP contribution is 2.64. The van der Waals surface area contributed by atoms with E-state index in [1.165, 1.54) is 25.7 Å². The molecule has 14 heavy (non-hydrogen) atoms. The first-order chi connectivity index (χ1) is 6.73. The van der Waals surface area contributed by atoms with Gasteiger partial charge in [0.2, 0.25) is 0 Å². The molecule has 2 saturated carbocycles. The van der Waals surface area contributed by atoms with Crippen LogP contribution in [0.1, 0.15) is 39.5 Å². The van der Waals surface area contributed by atoms with Crippen molar-refractivity contribution in [1.82, 2.24) is 0 Å². The fourth-order valence-electron chi connectivity index (χ4n) is 4.65. The first-order valence-electron chi connectivity index (χ1n) is 6.31. The Kier molecular flexibility index (Phi) is 1.96. The SMILES string of the molecule is CC1C2CC(C1C)C1(CCOCC1)C2. The van der Waals surface area contributed by atoms with E-state index in [0.717, 1.165) is 42.3 Å². The van der Waals surface area contributed by atoms with Crippen molar-refractivity contribution in [2.75, 3.05) is 13.2 Å². The van der Waals surface area contributed by atoms with Gasteiger partial charge in [-0.2, -0.15) is 0 Å². The largest absolute Gasteiger partial charge is 0.381 e. The summed E-state index contributed by atoms with van der Waals surface area (Å²) >= 11 is 0. The van der Waals surface area contributed by atoms with Crippen LogP contribution in [0.4, 0.5) is 0 Å². The summed E-state index contributed by atoms with van der Waals surface area (Å²) in [6, 6.07) is 0. The van der Waals surface area contributed by atoms with Crippen LogP contribution in [0.15, 0.2) is 0 Å². The van der Waals surface area contributed by atoms with Crippen LogP contribution in [0.3, 0.4) is 0 Å². The predicted octanol–water partition coefficient (Wildman–Crippen LogP) is 3.10. The molecule has 2 aliphatic carbocycles. The van der Waals surface area contributed by atoms with Gasteiger partial charge in [-0.3, -0.25) is 0 Å². The van der Waals surface area contributed by atoms with Crippen molar-refractivity contribution in [2.45, 2.75) is 39.5 Å². The molecule has 2 bridgehead atoms. The van der Waals surface area contributed by atoms with Crippen LogP contribution in [-0.4, -0.2) is 13.2 Å². The van der Waals surface area contributed by atoms with Gasteiger partial charge in [-0.05, 0) is 54.8 Å². The summed E-state index contributed by atoms with van der Waals surface area (Å²) in [6.07, 6.45) is 5.76. The fraction of sp³-hybridized carbons (Fsp3) is 1.00. The van der Waals surface area contributed by atoms with Crippen molar-refractivity contribution in [3.8, 4) is 0 Å². The molecule has 0 radical (unpaired) electrons. The van der Waals surface area contributed by atoms with E-state index >= 15 is 0 Å². The third kappa shape index (κ3) is 1.05. The molecular formula is C13H22O. The molecule has 1 heterocycles. The Morgan fingerprint density at radius 2 is 1.79 bits per heavy atom. The molecule has 1 saturated heterocycles. The molecular weight excluding hydrogens is 172 g/mol. The van der Waals surface area contributed by atoms with E-state index in [0.29, 0.717) is 0 Å². The van der Waals surface area contributed by atoms with E-state index in [1.807, 2.05) is 0 Å². The molecule has 0 amide bonds. The molecule has 1 nitrogen and oxygen atoms in total. The lowest BCUT2D eigenvalue weighted by Gasteiger charge is -2.45. The molecule has 4 atom stereocenters. The smallest absolute Gasteiger partial charge is 0.0471 e. The summed E-state index contributed by atoms with van der Waals surface area (Å²) < 4.78 is 5.53. The van der Waals surface area contributed by atoms with Crippen molar-refractivity contribution in [3.63, 3.8) is 0 Å². The Morgan fingerprint density at radius 1 is 1.07 bits per heavy atom. The third-order valence-electron chi connectivity index (χ3n) is 5.71. The lowest BCUT2D eigenvalue weighted by molar-refractivity contribution is -0.0376. The van der Waals surface area contributed by atoms with Gasteiger partial charge in [-0.15, -0.1) is 0 Å². The molecule has 1 spiro atoms. The first-order valence-corrected chi connectivity index (χ1v) is 6.31. The van der Waals surface area contributed by atoms with Gasteiger partial charge < -0.3 is 4.74 Å². The normalized spacial score (nSPS) is 50.1. The summed E-state index contributed by atoms with van der Waals surface area (Å²) in [5.41, 5.74) is 0.717. The average molecular weight is 194 g/mol. The summed E-state index contributed by atoms with van der Waals surface area (Å²) in [5.74, 6) is 4.06. The summed E-state index contributed by atoms with van der Waals surface area (Å²) in [7, 11) is 0. The van der Waals surface area contributed by atoms with Crippen LogP contribution < -0.4 is 0 Å². The molecule has 0 N–H and O–H groups in total. The highest BCUT2D eigenvalue weighted by molar-refractivity contribution is 5.05. The van der Waals surface area contributed by atoms with Gasteiger partial charge in [0.15, 0.2) is 0 Å². The van der Waals surface area contributed by atoms with Gasteiger partial charge in [-0.1, -0.05) is 13.8 Å². The molecule has 3 rings (SSSR count). The van der Waals surface area contributed by atoms with Gasteiger partial charge in [-0.25, -0.2) is 0 Å². The highest BCUT2D eigenvalue weighted by atomic mass is 16.5. The predicted molar refractivity (Wildman–Crippen MR) is 57.0 cm³/mol. The summed E-state index contributed by atoms with van der Waals surface area (Å²) in [4.78, 5) is 0. The molecule has 1 aliphatic heterocycles. The quantitative estimate of drug-likeness (QED) is 0.576. The minimum absolute atomic E-state index is 0.717. The van der Waals surface area contributed by atoms with E-state index in [9.17, 15) is 0 Å². The van der Waals surface area contributed by atoms with Gasteiger partial charge in [0.05, 0.1) is 0 Å². The van der Waals surface area contributed by atoms with Crippen LogP contribution in [0.2, 0.25) is 0 Å². The number of hydrogen-bond acceptors (Lipinski definition) is 1. The van der Waals surface area contributed by atoms with Crippen molar-refractivity contribution in [3.05, 3.63) is 0 Å². The van der Waals surface area contributed by atoms with E-state index in [2.05, 4.69) is 13.8 Å². The van der Waals surface area contributed by atoms with Gasteiger partial charge in [0.1, 0.15) is 0 Å². The lowest BCUT2D eigenvalue weighted by atomic mass is 9.62. The maximum Gasteiger partial charge on any atom is 0.0471 e. The van der Waals surface area contributed by atoms with Gasteiger partial charge >= 0.3 is 0 Å². The van der Waals surface area contributed by atoms with Crippen LogP contribution in [0.5, 0.6) is 0 Å². The Morgan fingerprint density at radius 3 is 2.36 bits per heavy atom. The minimum atomic E-state index is 0.717. The fourth-order valence-corrected chi connectivity index (χ4v) is 4.65. The first kappa shape index (κ1) is 9.21. The number of ether oxygens (including phenoxy) is 1. The maximum atomic E-state index is 5.53. The van der Waals surface area contributed by atoms with Gasteiger partial charge in [0, 0.05) is 13.2 Å². The zero-order chi connectivity index (χ0) is 9.76. The average Bonchev–Trinajstić information content (AvgIpc) is 2.67. The number of rotatable bonds is 0. The van der Waals surface area contributed by atoms with E-state index < -0.39 is 0 Å². The topological polar surface area (TPSA) is 9.23 Å². The highest BCUT2D eigenvalue weighted by Gasteiger charge is 2.56. The van der Waals surface area contributed by atoms with Crippen LogP contribution in [-0.2, 0) is 4.74 Å². The second-order valence-electron chi connectivity index (χ2n) is 6.00. The zero-order valence-electron chi connectivity index (χ0n) is 9.46. The van der Waals surface area contributed by atoms with Crippen LogP contribution >= 0.6 is 0 Å². The second-order valence-corrected chi connectivity index (χ2v) is 6.00. The van der Waals surface area contributed by atoms with Crippen molar-refractivity contribution in [1.29, 1.82) is 0 Å². The minimum Gasteiger partial charge on any atom is -0.381 e. The van der Waals surface area contributed by atoms with Crippen molar-refractivity contribution in [2.24, 2.45) is 29.1 Å². The summed E-state index contributed by atoms with van der Waals surface area (Å²) in [5, 5.41) is 0. The Bertz CT molecular complexity index is 227. The van der Waals surface area contributed by atoms with E-state index in [-0.39, 0.29) is 0 Å². The molecule has 80 valence electrons. The molecule has 0 aromatic carbocycles. The van der Waals surface area contributed by atoms with Crippen molar-refractivity contribution < 1.29 is 4.74 Å². The van der Waals surface area contributed by atoms with E-state index in [4.69, 9.17) is 4.74 Å². The van der Waals surface area contributed by atoms with Crippen molar-refractivity contribution >= 4 is 0 Å². The Balaban J connectivity index is 1.84. The Labute approximate surface area is 87.2 Å². The van der Waals surface area contributed by atoms with Crippen LogP contribution in [0, 0.1) is 29.1 Å². The molecule has 0 aromatic rings. The zero-order valence-corrected chi connectivity index (χ0v) is 9.46. The van der Waals surface area contributed by atoms with E-state index in [1.54, 1.807) is 0 Å². The summed E-state index contributed by atoms with van der Waals surface area (Å²) in [6.45, 7) is 7.03. The van der Waals surface area contributed by atoms with Gasteiger partial charge in [0.25, 0.3) is 0 Å². The third-order valence-corrected chi connectivity index (χ3v) is 5.71. The molecule has 0 aromatic heterocycles. The number of fused-ring (bicyclic) bond motifs is 3. The lowest BCUT2D eigenvalue weighted by Crippen LogP contribution is -2.39. The van der Waals surface area contributed by atoms with Crippen LogP contribution in [0.25, 0.3) is 0 Å². The molecule has 3 aliphatic rings. The monoisotopic (exact) mass is 194 g/mol. The number of hydrogen-bond donors (Lipinski definition) is 0. The molecule has 3 fully saturated rings. The molecule has 1 heteroatoms.